The number of rotatable bonds is 2. The lowest BCUT2D eigenvalue weighted by molar-refractivity contribution is 0.115. The van der Waals surface area contributed by atoms with E-state index in [0.29, 0.717) is 12.0 Å². The van der Waals surface area contributed by atoms with Gasteiger partial charge in [-0.25, -0.2) is 0 Å². The molecule has 0 radical (unpaired) electrons. The van der Waals surface area contributed by atoms with E-state index in [9.17, 15) is 0 Å². The summed E-state index contributed by atoms with van der Waals surface area (Å²) in [5.41, 5.74) is 5.73. The van der Waals surface area contributed by atoms with Crippen LogP contribution < -0.4 is 5.73 Å². The zero-order chi connectivity index (χ0) is 9.97. The van der Waals surface area contributed by atoms with E-state index < -0.39 is 0 Å². The summed E-state index contributed by atoms with van der Waals surface area (Å²) >= 11 is 0. The van der Waals surface area contributed by atoms with E-state index in [4.69, 9.17) is 10.5 Å². The van der Waals surface area contributed by atoms with Crippen LogP contribution in [0.5, 0.6) is 0 Å². The molecule has 0 aromatic carbocycles. The molecule has 1 fully saturated rings. The predicted molar refractivity (Wildman–Crippen MR) is 57.7 cm³/mol. The molecule has 1 unspecified atom stereocenters. The number of allylic oxidation sites excluding steroid dienone is 1. The van der Waals surface area contributed by atoms with Gasteiger partial charge in [0.05, 0.1) is 11.9 Å². The summed E-state index contributed by atoms with van der Waals surface area (Å²) in [6, 6.07) is 0. The molecule has 2 rings (SSSR count). The van der Waals surface area contributed by atoms with Crippen molar-refractivity contribution in [2.45, 2.75) is 45.1 Å². The van der Waals surface area contributed by atoms with Crippen molar-refractivity contribution < 1.29 is 4.74 Å². The Morgan fingerprint density at radius 2 is 2.36 bits per heavy atom. The quantitative estimate of drug-likeness (QED) is 0.734. The lowest BCUT2D eigenvalue weighted by atomic mass is 9.80. The summed E-state index contributed by atoms with van der Waals surface area (Å²) < 4.78 is 5.81. The van der Waals surface area contributed by atoms with Crippen molar-refractivity contribution in [3.8, 4) is 0 Å². The molecule has 1 aliphatic carbocycles. The molecule has 1 aliphatic heterocycles. The molecule has 2 aliphatic rings. The highest BCUT2D eigenvalue weighted by Crippen LogP contribution is 2.36. The standard InChI is InChI=1S/C12H21NO/c1-9-5-6-12(14-9)11-4-2-3-10(7-11)8-13/h6,9-11H,2-5,7-8,13H2,1H3/t9?,10-,11+/m1/s1. The summed E-state index contributed by atoms with van der Waals surface area (Å²) in [5, 5.41) is 0. The first-order valence-corrected chi connectivity index (χ1v) is 5.86. The highest BCUT2D eigenvalue weighted by atomic mass is 16.5. The zero-order valence-electron chi connectivity index (χ0n) is 9.04. The van der Waals surface area contributed by atoms with E-state index in [0.717, 1.165) is 18.9 Å². The Balaban J connectivity index is 1.91. The Morgan fingerprint density at radius 1 is 1.50 bits per heavy atom. The van der Waals surface area contributed by atoms with Crippen molar-refractivity contribution in [2.75, 3.05) is 6.54 Å². The van der Waals surface area contributed by atoms with E-state index in [1.54, 1.807) is 0 Å². The van der Waals surface area contributed by atoms with Gasteiger partial charge in [-0.3, -0.25) is 0 Å². The number of ether oxygens (including phenoxy) is 1. The predicted octanol–water partition coefficient (Wildman–Crippen LogP) is 2.44. The molecule has 1 saturated carbocycles. The third-order valence-electron chi connectivity index (χ3n) is 3.51. The molecule has 0 aromatic heterocycles. The minimum absolute atomic E-state index is 0.406. The van der Waals surface area contributed by atoms with Gasteiger partial charge in [-0.2, -0.15) is 0 Å². The average molecular weight is 195 g/mol. The van der Waals surface area contributed by atoms with E-state index in [2.05, 4.69) is 13.0 Å². The molecule has 0 bridgehead atoms. The molecule has 2 heteroatoms. The van der Waals surface area contributed by atoms with Crippen LogP contribution in [0.1, 0.15) is 39.0 Å². The van der Waals surface area contributed by atoms with Gasteiger partial charge in [-0.05, 0) is 44.7 Å². The third-order valence-corrected chi connectivity index (χ3v) is 3.51. The first-order valence-electron chi connectivity index (χ1n) is 5.86. The Labute approximate surface area is 86.5 Å². The van der Waals surface area contributed by atoms with Gasteiger partial charge in [0, 0.05) is 12.3 Å². The molecule has 14 heavy (non-hydrogen) atoms. The van der Waals surface area contributed by atoms with Crippen molar-refractivity contribution in [3.63, 3.8) is 0 Å². The lowest BCUT2D eigenvalue weighted by Crippen LogP contribution is -2.24. The van der Waals surface area contributed by atoms with E-state index in [-0.39, 0.29) is 0 Å². The zero-order valence-corrected chi connectivity index (χ0v) is 9.04. The molecule has 80 valence electrons. The number of nitrogens with two attached hydrogens (primary N) is 1. The molecule has 3 atom stereocenters. The van der Waals surface area contributed by atoms with Crippen LogP contribution in [0.2, 0.25) is 0 Å². The van der Waals surface area contributed by atoms with Crippen LogP contribution in [0.15, 0.2) is 11.8 Å². The van der Waals surface area contributed by atoms with Crippen LogP contribution in [0, 0.1) is 11.8 Å². The average Bonchev–Trinajstić information content (AvgIpc) is 2.65. The molecular weight excluding hydrogens is 174 g/mol. The molecule has 0 saturated heterocycles. The highest BCUT2D eigenvalue weighted by Gasteiger charge is 2.27. The minimum atomic E-state index is 0.406. The fourth-order valence-electron chi connectivity index (χ4n) is 2.64. The SMILES string of the molecule is CC1CC=C([C@H]2CCC[C@@H](CN)C2)O1. The lowest BCUT2D eigenvalue weighted by Gasteiger charge is -2.29. The second-order valence-corrected chi connectivity index (χ2v) is 4.74. The van der Waals surface area contributed by atoms with Crippen LogP contribution in [0.4, 0.5) is 0 Å². The summed E-state index contributed by atoms with van der Waals surface area (Å²) in [5.74, 6) is 2.66. The topological polar surface area (TPSA) is 35.2 Å². The van der Waals surface area contributed by atoms with E-state index >= 15 is 0 Å². The molecule has 0 spiro atoms. The Kier molecular flexibility index (Phi) is 3.12. The van der Waals surface area contributed by atoms with Gasteiger partial charge in [0.2, 0.25) is 0 Å². The fraction of sp³-hybridized carbons (Fsp3) is 0.833. The molecule has 0 amide bonds. The van der Waals surface area contributed by atoms with E-state index in [1.807, 2.05) is 0 Å². The number of hydrogen-bond donors (Lipinski definition) is 1. The van der Waals surface area contributed by atoms with Crippen molar-refractivity contribution in [2.24, 2.45) is 17.6 Å². The Morgan fingerprint density at radius 3 is 3.00 bits per heavy atom. The van der Waals surface area contributed by atoms with Crippen molar-refractivity contribution in [1.82, 2.24) is 0 Å². The summed E-state index contributed by atoms with van der Waals surface area (Å²) in [6.07, 6.45) is 8.97. The number of hydrogen-bond acceptors (Lipinski definition) is 2. The third kappa shape index (κ3) is 2.11. The van der Waals surface area contributed by atoms with Crippen LogP contribution in [0.3, 0.4) is 0 Å². The Bertz CT molecular complexity index is 224. The van der Waals surface area contributed by atoms with Gasteiger partial charge in [0.25, 0.3) is 0 Å². The van der Waals surface area contributed by atoms with Crippen molar-refractivity contribution in [1.29, 1.82) is 0 Å². The highest BCUT2D eigenvalue weighted by molar-refractivity contribution is 5.06. The van der Waals surface area contributed by atoms with Crippen molar-refractivity contribution >= 4 is 0 Å². The van der Waals surface area contributed by atoms with Gasteiger partial charge < -0.3 is 10.5 Å². The van der Waals surface area contributed by atoms with Crippen LogP contribution in [0.25, 0.3) is 0 Å². The molecule has 1 heterocycles. The van der Waals surface area contributed by atoms with Crippen LogP contribution in [-0.4, -0.2) is 12.6 Å². The molecular formula is C12H21NO. The summed E-state index contributed by atoms with van der Waals surface area (Å²) in [6.45, 7) is 2.99. The summed E-state index contributed by atoms with van der Waals surface area (Å²) in [4.78, 5) is 0. The first kappa shape index (κ1) is 10.0. The minimum Gasteiger partial charge on any atom is -0.495 e. The second-order valence-electron chi connectivity index (χ2n) is 4.74. The normalized spacial score (nSPS) is 37.9. The Hall–Kier alpha value is -0.500. The van der Waals surface area contributed by atoms with Gasteiger partial charge in [-0.1, -0.05) is 6.42 Å². The summed E-state index contributed by atoms with van der Waals surface area (Å²) in [7, 11) is 0. The van der Waals surface area contributed by atoms with Crippen LogP contribution >= 0.6 is 0 Å². The molecule has 2 nitrogen and oxygen atoms in total. The molecule has 2 N–H and O–H groups in total. The largest absolute Gasteiger partial charge is 0.495 e. The van der Waals surface area contributed by atoms with Gasteiger partial charge in [0.15, 0.2) is 0 Å². The smallest absolute Gasteiger partial charge is 0.0990 e. The monoisotopic (exact) mass is 195 g/mol. The van der Waals surface area contributed by atoms with Gasteiger partial charge in [-0.15, -0.1) is 0 Å². The first-order chi connectivity index (χ1) is 6.79. The van der Waals surface area contributed by atoms with Crippen molar-refractivity contribution in [3.05, 3.63) is 11.8 Å². The maximum Gasteiger partial charge on any atom is 0.0990 e. The second kappa shape index (κ2) is 4.35. The van der Waals surface area contributed by atoms with E-state index in [1.165, 1.54) is 31.4 Å². The molecule has 0 aromatic rings. The fourth-order valence-corrected chi connectivity index (χ4v) is 2.64. The maximum atomic E-state index is 5.81. The van der Waals surface area contributed by atoms with Gasteiger partial charge in [0.1, 0.15) is 0 Å². The van der Waals surface area contributed by atoms with Gasteiger partial charge >= 0.3 is 0 Å². The van der Waals surface area contributed by atoms with Crippen LogP contribution in [-0.2, 0) is 4.74 Å². The maximum absolute atomic E-state index is 5.81.